The van der Waals surface area contributed by atoms with Crippen molar-refractivity contribution in [1.29, 1.82) is 5.26 Å². The van der Waals surface area contributed by atoms with Crippen LogP contribution in [0.4, 0.5) is 52.7 Å². The average molecular weight is 614 g/mol. The van der Waals surface area contributed by atoms with Gasteiger partial charge in [0.25, 0.3) is 0 Å². The van der Waals surface area contributed by atoms with E-state index in [4.69, 9.17) is 10.5 Å². The molecule has 16 heteroatoms. The SMILES string of the molecule is CC(n1nc(-c2ccc(NC(=O)Nc3ccc(OC4CCN(C)CC4)c(C(F)(F)F)c3)c(F)c2)c(C#N)c1N)C(F)(F)F. The first-order valence-electron chi connectivity index (χ1n) is 12.9. The zero-order chi connectivity index (χ0) is 31.7. The van der Waals surface area contributed by atoms with Crippen LogP contribution in [0.3, 0.4) is 0 Å². The number of piperidine rings is 1. The van der Waals surface area contributed by atoms with Gasteiger partial charge in [-0.1, -0.05) is 6.07 Å². The van der Waals surface area contributed by atoms with Gasteiger partial charge in [0.05, 0.1) is 11.3 Å². The number of carbonyl (C=O) groups excluding carboxylic acids is 1. The summed E-state index contributed by atoms with van der Waals surface area (Å²) in [6, 6.07) is 4.48. The van der Waals surface area contributed by atoms with Crippen LogP contribution < -0.4 is 21.1 Å². The largest absolute Gasteiger partial charge is 0.490 e. The molecule has 0 radical (unpaired) electrons. The lowest BCUT2D eigenvalue weighted by molar-refractivity contribution is -0.164. The molecule has 1 fully saturated rings. The summed E-state index contributed by atoms with van der Waals surface area (Å²) in [5, 5.41) is 17.5. The third kappa shape index (κ3) is 7.11. The van der Waals surface area contributed by atoms with E-state index in [0.717, 1.165) is 25.1 Å². The zero-order valence-electron chi connectivity index (χ0n) is 22.8. The second-order valence-corrected chi connectivity index (χ2v) is 9.99. The van der Waals surface area contributed by atoms with Gasteiger partial charge in [0, 0.05) is 24.3 Å². The summed E-state index contributed by atoms with van der Waals surface area (Å²) in [7, 11) is 1.90. The molecule has 3 aromatic rings. The normalized spacial score (nSPS) is 15.5. The summed E-state index contributed by atoms with van der Waals surface area (Å²) in [5.74, 6) is -2.00. The molecule has 4 N–H and O–H groups in total. The molecule has 1 saturated heterocycles. The second-order valence-electron chi connectivity index (χ2n) is 9.99. The number of amides is 2. The number of nitriles is 1. The van der Waals surface area contributed by atoms with E-state index in [1.54, 1.807) is 6.07 Å². The second kappa shape index (κ2) is 12.0. The fourth-order valence-corrected chi connectivity index (χ4v) is 4.46. The number of nitrogens with zero attached hydrogens (tertiary/aromatic N) is 4. The van der Waals surface area contributed by atoms with E-state index in [1.807, 2.05) is 11.9 Å². The quantitative estimate of drug-likeness (QED) is 0.277. The molecule has 0 saturated carbocycles. The molecular weight excluding hydrogens is 587 g/mol. The number of halogens is 7. The number of ether oxygens (including phenoxy) is 1. The Hall–Kier alpha value is -4.52. The molecular formula is C27H26F7N7O2. The van der Waals surface area contributed by atoms with E-state index in [2.05, 4.69) is 15.7 Å². The van der Waals surface area contributed by atoms with Crippen LogP contribution in [0.25, 0.3) is 11.3 Å². The van der Waals surface area contributed by atoms with Crippen LogP contribution in [0.5, 0.6) is 5.75 Å². The number of alkyl halides is 6. The van der Waals surface area contributed by atoms with Gasteiger partial charge in [-0.2, -0.15) is 36.7 Å². The minimum Gasteiger partial charge on any atom is -0.490 e. The van der Waals surface area contributed by atoms with Crippen LogP contribution >= 0.6 is 0 Å². The summed E-state index contributed by atoms with van der Waals surface area (Å²) in [6.45, 7) is 2.14. The topological polar surface area (TPSA) is 121 Å². The Labute approximate surface area is 241 Å². The van der Waals surface area contributed by atoms with E-state index in [9.17, 15) is 40.8 Å². The minimum absolute atomic E-state index is 0.102. The maximum Gasteiger partial charge on any atom is 0.420 e. The van der Waals surface area contributed by atoms with Gasteiger partial charge in [-0.25, -0.2) is 13.9 Å². The van der Waals surface area contributed by atoms with E-state index in [-0.39, 0.29) is 22.7 Å². The molecule has 2 amide bonds. The van der Waals surface area contributed by atoms with Gasteiger partial charge in [0.15, 0.2) is 0 Å². The van der Waals surface area contributed by atoms with E-state index in [1.165, 1.54) is 12.1 Å². The Bertz CT molecular complexity index is 1540. The summed E-state index contributed by atoms with van der Waals surface area (Å²) >= 11 is 0. The molecule has 1 aliphatic rings. The number of aromatic nitrogens is 2. The smallest absolute Gasteiger partial charge is 0.420 e. The van der Waals surface area contributed by atoms with Gasteiger partial charge >= 0.3 is 18.4 Å². The van der Waals surface area contributed by atoms with Crippen LogP contribution in [0.15, 0.2) is 36.4 Å². The predicted octanol–water partition coefficient (Wildman–Crippen LogP) is 6.40. The monoisotopic (exact) mass is 613 g/mol. The summed E-state index contributed by atoms with van der Waals surface area (Å²) < 4.78 is 102. The summed E-state index contributed by atoms with van der Waals surface area (Å²) in [4.78, 5) is 14.6. The van der Waals surface area contributed by atoms with E-state index >= 15 is 0 Å². The molecule has 230 valence electrons. The van der Waals surface area contributed by atoms with Gasteiger partial charge in [0.2, 0.25) is 0 Å². The van der Waals surface area contributed by atoms with Gasteiger partial charge in [-0.05, 0) is 57.1 Å². The number of nitrogens with one attached hydrogen (secondary N) is 2. The van der Waals surface area contributed by atoms with Gasteiger partial charge in [-0.3, -0.25) is 0 Å². The first-order valence-corrected chi connectivity index (χ1v) is 12.9. The molecule has 4 rings (SSSR count). The van der Waals surface area contributed by atoms with Crippen LogP contribution in [0, 0.1) is 17.1 Å². The molecule has 43 heavy (non-hydrogen) atoms. The van der Waals surface area contributed by atoms with Crippen LogP contribution in [-0.2, 0) is 6.18 Å². The first kappa shape index (κ1) is 31.4. The lowest BCUT2D eigenvalue weighted by Gasteiger charge is -2.30. The number of nitrogen functional groups attached to an aromatic ring is 1. The van der Waals surface area contributed by atoms with Crippen LogP contribution in [0.2, 0.25) is 0 Å². The lowest BCUT2D eigenvalue weighted by atomic mass is 10.1. The molecule has 1 atom stereocenters. The van der Waals surface area contributed by atoms with Crippen molar-refractivity contribution in [3.63, 3.8) is 0 Å². The number of nitrogens with two attached hydrogens (primary N) is 1. The highest BCUT2D eigenvalue weighted by molar-refractivity contribution is 6.00. The van der Waals surface area contributed by atoms with Crippen molar-refractivity contribution < 1.29 is 40.3 Å². The molecule has 1 aliphatic heterocycles. The Kier molecular flexibility index (Phi) is 8.76. The van der Waals surface area contributed by atoms with Crippen molar-refractivity contribution in [2.24, 2.45) is 0 Å². The number of carbonyl (C=O) groups is 1. The number of hydrogen-bond donors (Lipinski definition) is 3. The fourth-order valence-electron chi connectivity index (χ4n) is 4.46. The highest BCUT2D eigenvalue weighted by Crippen LogP contribution is 2.39. The maximum atomic E-state index is 14.9. The van der Waals surface area contributed by atoms with Crippen LogP contribution in [-0.4, -0.2) is 53.1 Å². The molecule has 1 unspecified atom stereocenters. The van der Waals surface area contributed by atoms with Crippen molar-refractivity contribution in [2.75, 3.05) is 36.5 Å². The van der Waals surface area contributed by atoms with Crippen LogP contribution in [0.1, 0.15) is 36.9 Å². The predicted molar refractivity (Wildman–Crippen MR) is 143 cm³/mol. The van der Waals surface area contributed by atoms with Gasteiger partial charge in [-0.15, -0.1) is 0 Å². The molecule has 1 aromatic heterocycles. The van der Waals surface area contributed by atoms with Crippen molar-refractivity contribution in [2.45, 2.75) is 44.3 Å². The first-order chi connectivity index (χ1) is 20.1. The highest BCUT2D eigenvalue weighted by atomic mass is 19.4. The third-order valence-electron chi connectivity index (χ3n) is 6.89. The van der Waals surface area contributed by atoms with Crippen molar-refractivity contribution in [3.05, 3.63) is 53.3 Å². The highest BCUT2D eigenvalue weighted by Gasteiger charge is 2.40. The van der Waals surface area contributed by atoms with Gasteiger partial charge < -0.3 is 26.0 Å². The Morgan fingerprint density at radius 1 is 1.12 bits per heavy atom. The van der Waals surface area contributed by atoms with E-state index in [0.29, 0.717) is 36.7 Å². The third-order valence-corrected chi connectivity index (χ3v) is 6.89. The minimum atomic E-state index is -4.78. The van der Waals surface area contributed by atoms with E-state index < -0.39 is 59.0 Å². The standard InChI is InChI=1S/C27H26F7N7O2/c1-14(26(29,30)31)41-24(36)18(13-35)23(39-41)15-3-5-21(20(28)11-15)38-25(42)37-16-4-6-22(19(12-16)27(32,33)34)43-17-7-9-40(2)10-8-17/h3-6,11-12,14,17H,7-10,36H2,1-2H3,(H2,37,38,42). The molecule has 2 aromatic carbocycles. The average Bonchev–Trinajstić information content (AvgIpc) is 3.26. The molecule has 0 spiro atoms. The Balaban J connectivity index is 1.50. The van der Waals surface area contributed by atoms with Gasteiger partial charge in [0.1, 0.15) is 46.9 Å². The number of urea groups is 1. The summed E-state index contributed by atoms with van der Waals surface area (Å²) in [5.41, 5.74) is 3.14. The number of benzene rings is 2. The molecule has 9 nitrogen and oxygen atoms in total. The number of likely N-dealkylation sites (tertiary alicyclic amines) is 1. The zero-order valence-corrected chi connectivity index (χ0v) is 22.8. The van der Waals surface area contributed by atoms with Crippen molar-refractivity contribution in [1.82, 2.24) is 14.7 Å². The number of rotatable bonds is 6. The van der Waals surface area contributed by atoms with Crippen molar-refractivity contribution in [3.8, 4) is 23.1 Å². The molecule has 0 aliphatic carbocycles. The molecule has 0 bridgehead atoms. The lowest BCUT2D eigenvalue weighted by Crippen LogP contribution is -2.36. The fraction of sp³-hybridized carbons (Fsp3) is 0.370. The maximum absolute atomic E-state index is 14.9. The Morgan fingerprint density at radius 3 is 2.37 bits per heavy atom. The van der Waals surface area contributed by atoms with Crippen molar-refractivity contribution >= 4 is 23.2 Å². The number of hydrogen-bond acceptors (Lipinski definition) is 6. The Morgan fingerprint density at radius 2 is 1.79 bits per heavy atom. The number of anilines is 3. The molecule has 2 heterocycles. The summed E-state index contributed by atoms with van der Waals surface area (Å²) in [6.07, 6.45) is -8.79.